The number of hydrogen-bond acceptors (Lipinski definition) is 4. The Hall–Kier alpha value is -2.02. The van der Waals surface area contributed by atoms with Gasteiger partial charge in [-0.2, -0.15) is 0 Å². The van der Waals surface area contributed by atoms with E-state index < -0.39 is 0 Å². The standard InChI is InChI=1S/C21H20BrClN4O/c22-17-7-8-19(24-11-17)26-21(28)15-5-3-9-27(12-15)13-16-10-14-4-1-2-6-18(14)25-20(16)23/h1-2,4,6-8,10-11,15H,3,5,9,12-13H2,(H,24,26,28). The molecule has 0 bridgehead atoms. The van der Waals surface area contributed by atoms with Gasteiger partial charge in [-0.25, -0.2) is 9.97 Å². The van der Waals surface area contributed by atoms with Gasteiger partial charge in [0.25, 0.3) is 0 Å². The monoisotopic (exact) mass is 458 g/mol. The van der Waals surface area contributed by atoms with Crippen LogP contribution in [0.3, 0.4) is 0 Å². The molecule has 144 valence electrons. The molecular formula is C21H20BrClN4O. The molecule has 1 saturated heterocycles. The Bertz CT molecular complexity index is 995. The molecular weight excluding hydrogens is 440 g/mol. The second kappa shape index (κ2) is 8.55. The number of carbonyl (C=O) groups excluding carboxylic acids is 1. The summed E-state index contributed by atoms with van der Waals surface area (Å²) in [4.78, 5) is 23.7. The van der Waals surface area contributed by atoms with Crippen molar-refractivity contribution in [1.29, 1.82) is 0 Å². The Morgan fingerprint density at radius 1 is 1.29 bits per heavy atom. The van der Waals surface area contributed by atoms with Crippen molar-refractivity contribution in [2.45, 2.75) is 19.4 Å². The minimum absolute atomic E-state index is 0.0160. The second-order valence-electron chi connectivity index (χ2n) is 7.06. The first-order chi connectivity index (χ1) is 13.6. The van der Waals surface area contributed by atoms with Crippen LogP contribution >= 0.6 is 27.5 Å². The molecule has 1 amide bonds. The van der Waals surface area contributed by atoms with Gasteiger partial charge in [-0.3, -0.25) is 9.69 Å². The molecule has 0 radical (unpaired) electrons. The highest BCUT2D eigenvalue weighted by atomic mass is 79.9. The number of para-hydroxylation sites is 1. The number of fused-ring (bicyclic) bond motifs is 1. The van der Waals surface area contributed by atoms with Gasteiger partial charge in [-0.05, 0) is 59.6 Å². The van der Waals surface area contributed by atoms with Crippen molar-refractivity contribution < 1.29 is 4.79 Å². The molecule has 1 fully saturated rings. The molecule has 4 rings (SSSR count). The first kappa shape index (κ1) is 19.3. The fraction of sp³-hybridized carbons (Fsp3) is 0.286. The highest BCUT2D eigenvalue weighted by Gasteiger charge is 2.26. The number of amides is 1. The number of likely N-dealkylation sites (tertiary alicyclic amines) is 1. The van der Waals surface area contributed by atoms with Crippen LogP contribution in [0.2, 0.25) is 5.15 Å². The van der Waals surface area contributed by atoms with Crippen molar-refractivity contribution in [1.82, 2.24) is 14.9 Å². The number of benzene rings is 1. The molecule has 2 aromatic heterocycles. The lowest BCUT2D eigenvalue weighted by Gasteiger charge is -2.32. The average molecular weight is 460 g/mol. The zero-order valence-electron chi connectivity index (χ0n) is 15.2. The van der Waals surface area contributed by atoms with E-state index in [1.54, 1.807) is 12.3 Å². The molecule has 0 aliphatic carbocycles. The predicted molar refractivity (Wildman–Crippen MR) is 115 cm³/mol. The third kappa shape index (κ3) is 4.51. The maximum absolute atomic E-state index is 12.7. The number of anilines is 1. The molecule has 28 heavy (non-hydrogen) atoms. The normalized spacial score (nSPS) is 17.6. The molecule has 1 N–H and O–H groups in total. The van der Waals surface area contributed by atoms with Crippen molar-refractivity contribution >= 4 is 50.2 Å². The lowest BCUT2D eigenvalue weighted by atomic mass is 9.96. The van der Waals surface area contributed by atoms with Gasteiger partial charge < -0.3 is 5.32 Å². The molecule has 3 heterocycles. The van der Waals surface area contributed by atoms with Gasteiger partial charge in [0.05, 0.1) is 11.4 Å². The third-order valence-corrected chi connectivity index (χ3v) is 5.80. The number of nitrogens with zero attached hydrogens (tertiary/aromatic N) is 3. The second-order valence-corrected chi connectivity index (χ2v) is 8.33. The summed E-state index contributed by atoms with van der Waals surface area (Å²) >= 11 is 9.76. The molecule has 1 atom stereocenters. The quantitative estimate of drug-likeness (QED) is 0.564. The van der Waals surface area contributed by atoms with E-state index in [2.05, 4.69) is 42.2 Å². The van der Waals surface area contributed by atoms with Crippen molar-refractivity contribution in [2.24, 2.45) is 5.92 Å². The fourth-order valence-electron chi connectivity index (χ4n) is 3.58. The Morgan fingerprint density at radius 3 is 2.96 bits per heavy atom. The number of rotatable bonds is 4. The highest BCUT2D eigenvalue weighted by Crippen LogP contribution is 2.25. The Labute approximate surface area is 177 Å². The lowest BCUT2D eigenvalue weighted by Crippen LogP contribution is -2.40. The van der Waals surface area contributed by atoms with E-state index in [1.165, 1.54) is 0 Å². The van der Waals surface area contributed by atoms with Crippen LogP contribution in [0.25, 0.3) is 10.9 Å². The van der Waals surface area contributed by atoms with Crippen LogP contribution in [0.5, 0.6) is 0 Å². The number of nitrogens with one attached hydrogen (secondary N) is 1. The summed E-state index contributed by atoms with van der Waals surface area (Å²) in [6.07, 6.45) is 3.53. The van der Waals surface area contributed by atoms with E-state index in [0.29, 0.717) is 24.1 Å². The van der Waals surface area contributed by atoms with Crippen molar-refractivity contribution in [3.05, 3.63) is 63.9 Å². The summed E-state index contributed by atoms with van der Waals surface area (Å²) in [7, 11) is 0. The van der Waals surface area contributed by atoms with E-state index in [-0.39, 0.29) is 11.8 Å². The number of pyridine rings is 2. The molecule has 5 nitrogen and oxygen atoms in total. The molecule has 7 heteroatoms. The van der Waals surface area contributed by atoms with Gasteiger partial charge in [0.15, 0.2) is 0 Å². The number of aromatic nitrogens is 2. The van der Waals surface area contributed by atoms with Crippen LogP contribution in [0.1, 0.15) is 18.4 Å². The summed E-state index contributed by atoms with van der Waals surface area (Å²) in [6.45, 7) is 2.34. The van der Waals surface area contributed by atoms with Crippen LogP contribution in [0.4, 0.5) is 5.82 Å². The minimum atomic E-state index is -0.0635. The summed E-state index contributed by atoms with van der Waals surface area (Å²) < 4.78 is 0.884. The van der Waals surface area contributed by atoms with Gasteiger partial charge in [-0.15, -0.1) is 0 Å². The van der Waals surface area contributed by atoms with Crippen LogP contribution in [0, 0.1) is 5.92 Å². The number of carbonyl (C=O) groups is 1. The van der Waals surface area contributed by atoms with E-state index in [4.69, 9.17) is 11.6 Å². The average Bonchev–Trinajstić information content (AvgIpc) is 2.70. The maximum atomic E-state index is 12.7. The van der Waals surface area contributed by atoms with E-state index in [9.17, 15) is 4.79 Å². The maximum Gasteiger partial charge on any atom is 0.229 e. The summed E-state index contributed by atoms with van der Waals surface area (Å²) in [5.41, 5.74) is 1.89. The molecule has 1 aromatic carbocycles. The van der Waals surface area contributed by atoms with Crippen molar-refractivity contribution in [2.75, 3.05) is 18.4 Å². The van der Waals surface area contributed by atoms with Crippen LogP contribution < -0.4 is 5.32 Å². The number of halogens is 2. The van der Waals surface area contributed by atoms with E-state index in [0.717, 1.165) is 40.3 Å². The van der Waals surface area contributed by atoms with Crippen molar-refractivity contribution in [3.63, 3.8) is 0 Å². The van der Waals surface area contributed by atoms with E-state index >= 15 is 0 Å². The molecule has 3 aromatic rings. The summed E-state index contributed by atoms with van der Waals surface area (Å²) in [5.74, 6) is 0.528. The molecule has 0 saturated carbocycles. The lowest BCUT2D eigenvalue weighted by molar-refractivity contribution is -0.121. The Balaban J connectivity index is 1.43. The number of piperidine rings is 1. The summed E-state index contributed by atoms with van der Waals surface area (Å²) in [6, 6.07) is 13.7. The van der Waals surface area contributed by atoms with Gasteiger partial charge in [-0.1, -0.05) is 29.8 Å². The number of hydrogen-bond donors (Lipinski definition) is 1. The van der Waals surface area contributed by atoms with Crippen LogP contribution in [-0.4, -0.2) is 33.9 Å². The van der Waals surface area contributed by atoms with Crippen molar-refractivity contribution in [3.8, 4) is 0 Å². The minimum Gasteiger partial charge on any atom is -0.310 e. The Kier molecular flexibility index (Phi) is 5.90. The molecule has 1 aliphatic heterocycles. The first-order valence-corrected chi connectivity index (χ1v) is 10.4. The topological polar surface area (TPSA) is 58.1 Å². The highest BCUT2D eigenvalue weighted by molar-refractivity contribution is 9.10. The zero-order valence-corrected chi connectivity index (χ0v) is 17.6. The largest absolute Gasteiger partial charge is 0.310 e. The zero-order chi connectivity index (χ0) is 19.5. The molecule has 1 aliphatic rings. The molecule has 0 spiro atoms. The Morgan fingerprint density at radius 2 is 2.14 bits per heavy atom. The van der Waals surface area contributed by atoms with Crippen LogP contribution in [0.15, 0.2) is 53.1 Å². The fourth-order valence-corrected chi connectivity index (χ4v) is 4.02. The summed E-state index contributed by atoms with van der Waals surface area (Å²) in [5, 5.41) is 4.53. The van der Waals surface area contributed by atoms with Crippen LogP contribution in [-0.2, 0) is 11.3 Å². The smallest absolute Gasteiger partial charge is 0.229 e. The van der Waals surface area contributed by atoms with Gasteiger partial charge in [0.1, 0.15) is 11.0 Å². The third-order valence-electron chi connectivity index (χ3n) is 5.00. The SMILES string of the molecule is O=C(Nc1ccc(Br)cn1)C1CCCN(Cc2cc3ccccc3nc2Cl)C1. The first-order valence-electron chi connectivity index (χ1n) is 9.27. The van der Waals surface area contributed by atoms with Gasteiger partial charge >= 0.3 is 0 Å². The van der Waals surface area contributed by atoms with Gasteiger partial charge in [0, 0.05) is 34.7 Å². The van der Waals surface area contributed by atoms with Gasteiger partial charge in [0.2, 0.25) is 5.91 Å². The predicted octanol–water partition coefficient (Wildman–Crippen LogP) is 4.90. The molecule has 1 unspecified atom stereocenters. The van der Waals surface area contributed by atoms with E-state index in [1.807, 2.05) is 30.3 Å².